The maximum Gasteiger partial charge on any atom is 0.345 e. The van der Waals surface area contributed by atoms with Gasteiger partial charge in [0.05, 0.1) is 6.10 Å². The van der Waals surface area contributed by atoms with Gasteiger partial charge in [-0.05, 0) is 68.7 Å². The van der Waals surface area contributed by atoms with Gasteiger partial charge in [-0.15, -0.1) is 0 Å². The fraction of sp³-hybridized carbons (Fsp3) is 0.600. The van der Waals surface area contributed by atoms with Crippen molar-refractivity contribution >= 4 is 11.8 Å². The molecule has 1 N–H and O–H groups in total. The number of allylic oxidation sites excluding steroid dienone is 1. The highest BCUT2D eigenvalue weighted by molar-refractivity contribution is 6.01. The van der Waals surface area contributed by atoms with Crippen molar-refractivity contribution in [2.24, 2.45) is 0 Å². The number of piperidine rings is 2. The monoisotopic (exact) mass is 475 g/mol. The van der Waals surface area contributed by atoms with E-state index in [-0.39, 0.29) is 30.1 Å². The Bertz CT molecular complexity index is 963. The number of carbonyl (C=O) groups is 2. The Morgan fingerprint density at radius 3 is 2.62 bits per heavy atom. The van der Waals surface area contributed by atoms with Crippen molar-refractivity contribution in [3.63, 3.8) is 0 Å². The maximum absolute atomic E-state index is 12.9. The minimum Gasteiger partial charge on any atom is -0.489 e. The van der Waals surface area contributed by atoms with Gasteiger partial charge in [0, 0.05) is 36.9 Å². The highest BCUT2D eigenvalue weighted by atomic mass is 19.3. The summed E-state index contributed by atoms with van der Waals surface area (Å²) < 4.78 is 36.1. The van der Waals surface area contributed by atoms with Crippen molar-refractivity contribution in [2.45, 2.75) is 82.4 Å². The van der Waals surface area contributed by atoms with Gasteiger partial charge in [-0.3, -0.25) is 14.5 Å². The second-order valence-electron chi connectivity index (χ2n) is 9.69. The Hall–Kier alpha value is -2.52. The average Bonchev–Trinajstić information content (AvgIpc) is 3.38. The normalized spacial score (nSPS) is 28.5. The first kappa shape index (κ1) is 23.2. The lowest BCUT2D eigenvalue weighted by Crippen LogP contribution is -2.49. The third-order valence-corrected chi connectivity index (χ3v) is 7.55. The Morgan fingerprint density at radius 1 is 1.09 bits per heavy atom. The zero-order valence-corrected chi connectivity index (χ0v) is 19.2. The Balaban J connectivity index is 1.22. The average molecular weight is 476 g/mol. The summed E-state index contributed by atoms with van der Waals surface area (Å²) in [6, 6.07) is 5.32. The molecule has 34 heavy (non-hydrogen) atoms. The summed E-state index contributed by atoms with van der Waals surface area (Å²) >= 11 is 0. The standard InChI is InChI=1S/C25H31F2N3O4/c1-15-5-8-21(23(31)28-15)30-14-16-13-18(6-7-19(16)24(30)32)33-22-4-2-3-20(22)29-11-9-17(10-12-29)34-25(26)27/h6-7,13,17,20-22,25H,1-5,8-12,14H2,(H,28,31)/t20-,21?,22+/m1/s1. The fourth-order valence-corrected chi connectivity index (χ4v) is 5.83. The summed E-state index contributed by atoms with van der Waals surface area (Å²) in [6.45, 7) is 2.94. The van der Waals surface area contributed by atoms with E-state index < -0.39 is 12.7 Å². The molecule has 1 unspecified atom stereocenters. The molecule has 7 nitrogen and oxygen atoms in total. The van der Waals surface area contributed by atoms with E-state index in [9.17, 15) is 18.4 Å². The number of amides is 2. The molecule has 9 heteroatoms. The molecule has 0 bridgehead atoms. The number of carbonyl (C=O) groups excluding carboxylic acids is 2. The summed E-state index contributed by atoms with van der Waals surface area (Å²) in [7, 11) is 0. The van der Waals surface area contributed by atoms with Crippen molar-refractivity contribution in [1.29, 1.82) is 0 Å². The van der Waals surface area contributed by atoms with E-state index in [1.54, 1.807) is 11.0 Å². The lowest BCUT2D eigenvalue weighted by molar-refractivity contribution is -0.174. The molecule has 2 saturated heterocycles. The van der Waals surface area contributed by atoms with Crippen molar-refractivity contribution in [3.8, 4) is 5.75 Å². The quantitative estimate of drug-likeness (QED) is 0.683. The number of fused-ring (bicyclic) bond motifs is 1. The van der Waals surface area contributed by atoms with Crippen LogP contribution in [0.4, 0.5) is 8.78 Å². The predicted octanol–water partition coefficient (Wildman–Crippen LogP) is 3.44. The summed E-state index contributed by atoms with van der Waals surface area (Å²) in [6.07, 6.45) is 5.11. The van der Waals surface area contributed by atoms with Crippen LogP contribution in [0.3, 0.4) is 0 Å². The van der Waals surface area contributed by atoms with Crippen LogP contribution in [0.2, 0.25) is 0 Å². The molecule has 1 aromatic rings. The molecule has 0 spiro atoms. The number of alkyl halides is 2. The van der Waals surface area contributed by atoms with Crippen molar-refractivity contribution in [1.82, 2.24) is 15.1 Å². The third-order valence-electron chi connectivity index (χ3n) is 7.55. The van der Waals surface area contributed by atoms with E-state index in [0.29, 0.717) is 43.5 Å². The number of nitrogens with zero attached hydrogens (tertiary/aromatic N) is 2. The fourth-order valence-electron chi connectivity index (χ4n) is 5.83. The molecule has 1 saturated carbocycles. The van der Waals surface area contributed by atoms with Gasteiger partial charge in [-0.1, -0.05) is 6.58 Å². The van der Waals surface area contributed by atoms with Crippen LogP contribution in [0.5, 0.6) is 5.75 Å². The van der Waals surface area contributed by atoms with Crippen LogP contribution in [0.15, 0.2) is 30.5 Å². The van der Waals surface area contributed by atoms with E-state index in [1.807, 2.05) is 12.1 Å². The molecule has 3 heterocycles. The molecular formula is C25H31F2N3O4. The zero-order chi connectivity index (χ0) is 23.8. The van der Waals surface area contributed by atoms with Gasteiger partial charge < -0.3 is 19.7 Å². The third kappa shape index (κ3) is 4.68. The summed E-state index contributed by atoms with van der Waals surface area (Å²) in [5.74, 6) is 0.426. The van der Waals surface area contributed by atoms with Gasteiger partial charge in [0.2, 0.25) is 5.91 Å². The van der Waals surface area contributed by atoms with Crippen molar-refractivity contribution in [2.75, 3.05) is 13.1 Å². The molecule has 1 aliphatic carbocycles. The van der Waals surface area contributed by atoms with Gasteiger partial charge in [0.15, 0.2) is 0 Å². The van der Waals surface area contributed by atoms with Crippen LogP contribution in [-0.4, -0.2) is 65.6 Å². The first-order valence-electron chi connectivity index (χ1n) is 12.2. The molecule has 184 valence electrons. The molecule has 3 aliphatic heterocycles. The van der Waals surface area contributed by atoms with Crippen LogP contribution >= 0.6 is 0 Å². The summed E-state index contributed by atoms with van der Waals surface area (Å²) in [5, 5.41) is 2.76. The van der Waals surface area contributed by atoms with Crippen molar-refractivity contribution in [3.05, 3.63) is 41.6 Å². The second-order valence-corrected chi connectivity index (χ2v) is 9.69. The summed E-state index contributed by atoms with van der Waals surface area (Å²) in [5.41, 5.74) is 2.19. The largest absolute Gasteiger partial charge is 0.489 e. The van der Waals surface area contributed by atoms with E-state index in [2.05, 4.69) is 21.5 Å². The number of nitrogens with one attached hydrogen (secondary N) is 1. The highest BCUT2D eigenvalue weighted by Crippen LogP contribution is 2.34. The molecule has 0 radical (unpaired) electrons. The number of rotatable bonds is 6. The number of halogens is 2. The molecule has 3 atom stereocenters. The van der Waals surface area contributed by atoms with Gasteiger partial charge in [0.1, 0.15) is 17.9 Å². The summed E-state index contributed by atoms with van der Waals surface area (Å²) in [4.78, 5) is 29.3. The van der Waals surface area contributed by atoms with E-state index in [4.69, 9.17) is 4.74 Å². The number of hydrogen-bond donors (Lipinski definition) is 1. The second kappa shape index (κ2) is 9.62. The minimum atomic E-state index is -2.71. The van der Waals surface area contributed by atoms with Crippen LogP contribution in [0.25, 0.3) is 0 Å². The minimum absolute atomic E-state index is 0.0222. The van der Waals surface area contributed by atoms with Crippen LogP contribution in [0.1, 0.15) is 60.9 Å². The molecule has 0 aromatic heterocycles. The van der Waals surface area contributed by atoms with E-state index in [1.165, 1.54) is 0 Å². The molecule has 5 rings (SSSR count). The Labute approximate surface area is 198 Å². The van der Waals surface area contributed by atoms with Gasteiger partial charge in [-0.25, -0.2) is 0 Å². The lowest BCUT2D eigenvalue weighted by Gasteiger charge is -2.38. The van der Waals surface area contributed by atoms with E-state index >= 15 is 0 Å². The number of ether oxygens (including phenoxy) is 2. The van der Waals surface area contributed by atoms with Crippen LogP contribution in [0, 0.1) is 0 Å². The maximum atomic E-state index is 12.9. The molecule has 2 amide bonds. The zero-order valence-electron chi connectivity index (χ0n) is 19.2. The Kier molecular flexibility index (Phi) is 6.57. The number of benzene rings is 1. The number of likely N-dealkylation sites (tertiary alicyclic amines) is 1. The highest BCUT2D eigenvalue weighted by Gasteiger charge is 2.39. The van der Waals surface area contributed by atoms with Gasteiger partial charge >= 0.3 is 6.61 Å². The smallest absolute Gasteiger partial charge is 0.345 e. The number of hydrogen-bond acceptors (Lipinski definition) is 5. The first-order valence-corrected chi connectivity index (χ1v) is 12.2. The molecule has 3 fully saturated rings. The molecular weight excluding hydrogens is 444 g/mol. The SMILES string of the molecule is C=C1CCC(N2Cc3cc(O[C@H]4CCC[C@H]4N4CCC(OC(F)F)CC4)ccc3C2=O)C(=O)N1. The van der Waals surface area contributed by atoms with Crippen LogP contribution in [-0.2, 0) is 16.1 Å². The molecule has 4 aliphatic rings. The van der Waals surface area contributed by atoms with Gasteiger partial charge in [-0.2, -0.15) is 8.78 Å². The molecule has 1 aromatic carbocycles. The van der Waals surface area contributed by atoms with Gasteiger partial charge in [0.25, 0.3) is 5.91 Å². The lowest BCUT2D eigenvalue weighted by atomic mass is 10.0. The topological polar surface area (TPSA) is 71.1 Å². The van der Waals surface area contributed by atoms with Crippen LogP contribution < -0.4 is 10.1 Å². The Morgan fingerprint density at radius 2 is 1.88 bits per heavy atom. The van der Waals surface area contributed by atoms with Crippen molar-refractivity contribution < 1.29 is 27.8 Å². The first-order chi connectivity index (χ1) is 16.4. The predicted molar refractivity (Wildman–Crippen MR) is 120 cm³/mol. The van der Waals surface area contributed by atoms with E-state index in [0.717, 1.165) is 43.7 Å².